The fraction of sp³-hybridized carbons (Fsp3) is 0.692. The third-order valence-electron chi connectivity index (χ3n) is 3.99. The summed E-state index contributed by atoms with van der Waals surface area (Å²) < 4.78 is 0. The Bertz CT molecular complexity index is 406. The van der Waals surface area contributed by atoms with Gasteiger partial charge in [-0.15, -0.1) is 11.8 Å². The van der Waals surface area contributed by atoms with Crippen molar-refractivity contribution in [1.82, 2.24) is 15.3 Å². The van der Waals surface area contributed by atoms with E-state index in [9.17, 15) is 0 Å². The van der Waals surface area contributed by atoms with Crippen molar-refractivity contribution in [3.63, 3.8) is 0 Å². The van der Waals surface area contributed by atoms with Crippen LogP contribution < -0.4 is 10.2 Å². The minimum atomic E-state index is 0.622. The van der Waals surface area contributed by atoms with E-state index in [0.29, 0.717) is 12.1 Å². The van der Waals surface area contributed by atoms with Gasteiger partial charge < -0.3 is 10.2 Å². The average Bonchev–Trinajstić information content (AvgIpc) is 3.09. The Hall–Kier alpha value is -0.810. The number of aromatic nitrogens is 2. The van der Waals surface area contributed by atoms with Crippen LogP contribution in [0.1, 0.15) is 25.7 Å². The summed E-state index contributed by atoms with van der Waals surface area (Å²) in [4.78, 5) is 11.2. The standard InChI is InChI=1S/C13H20N4S/c1-18-13-8-12(15-9-16-13)17-7-3-5-11(17)10-4-2-6-14-10/h8-11,14H,2-7H2,1H3. The Morgan fingerprint density at radius 2 is 2.28 bits per heavy atom. The lowest BCUT2D eigenvalue weighted by Crippen LogP contribution is -2.44. The van der Waals surface area contributed by atoms with E-state index >= 15 is 0 Å². The summed E-state index contributed by atoms with van der Waals surface area (Å²) in [6.45, 7) is 2.31. The zero-order valence-electron chi connectivity index (χ0n) is 10.8. The molecule has 2 unspecified atom stereocenters. The van der Waals surface area contributed by atoms with Crippen LogP contribution >= 0.6 is 11.8 Å². The Morgan fingerprint density at radius 1 is 1.33 bits per heavy atom. The van der Waals surface area contributed by atoms with Crippen LogP contribution in [0.5, 0.6) is 0 Å². The smallest absolute Gasteiger partial charge is 0.133 e. The molecule has 0 spiro atoms. The van der Waals surface area contributed by atoms with Gasteiger partial charge in [-0.25, -0.2) is 9.97 Å². The molecule has 1 N–H and O–H groups in total. The van der Waals surface area contributed by atoms with Crippen molar-refractivity contribution in [1.29, 1.82) is 0 Å². The third kappa shape index (κ3) is 2.34. The summed E-state index contributed by atoms with van der Waals surface area (Å²) in [7, 11) is 0. The molecule has 98 valence electrons. The quantitative estimate of drug-likeness (QED) is 0.667. The number of nitrogens with zero attached hydrogens (tertiary/aromatic N) is 3. The molecule has 2 saturated heterocycles. The Kier molecular flexibility index (Phi) is 3.70. The minimum Gasteiger partial charge on any atom is -0.352 e. The van der Waals surface area contributed by atoms with E-state index in [2.05, 4.69) is 32.5 Å². The van der Waals surface area contributed by atoms with Crippen LogP contribution in [0.15, 0.2) is 17.4 Å². The first-order valence-electron chi connectivity index (χ1n) is 6.74. The van der Waals surface area contributed by atoms with Crippen LogP contribution in [-0.4, -0.2) is 41.4 Å². The highest BCUT2D eigenvalue weighted by Gasteiger charge is 2.33. The van der Waals surface area contributed by atoms with Crippen molar-refractivity contribution in [2.45, 2.75) is 42.8 Å². The maximum atomic E-state index is 4.46. The molecule has 0 saturated carbocycles. The fourth-order valence-electron chi connectivity index (χ4n) is 3.13. The molecule has 3 heterocycles. The number of nitrogens with one attached hydrogen (secondary N) is 1. The van der Waals surface area contributed by atoms with Gasteiger partial charge in [-0.3, -0.25) is 0 Å². The van der Waals surface area contributed by atoms with Gasteiger partial charge in [0.05, 0.1) is 0 Å². The van der Waals surface area contributed by atoms with Gasteiger partial charge in [-0.05, 0) is 38.5 Å². The molecular weight excluding hydrogens is 244 g/mol. The van der Waals surface area contributed by atoms with Crippen LogP contribution in [0.25, 0.3) is 0 Å². The van der Waals surface area contributed by atoms with E-state index in [1.165, 1.54) is 32.2 Å². The first-order chi connectivity index (χ1) is 8.88. The Morgan fingerprint density at radius 3 is 3.06 bits per heavy atom. The van der Waals surface area contributed by atoms with Crippen molar-refractivity contribution in [2.24, 2.45) is 0 Å². The summed E-state index contributed by atoms with van der Waals surface area (Å²) in [5.74, 6) is 1.10. The van der Waals surface area contributed by atoms with E-state index in [0.717, 1.165) is 17.4 Å². The molecule has 3 rings (SSSR count). The Labute approximate surface area is 113 Å². The van der Waals surface area contributed by atoms with Crippen molar-refractivity contribution >= 4 is 17.6 Å². The summed E-state index contributed by atoms with van der Waals surface area (Å²) in [5, 5.41) is 4.70. The number of thioether (sulfide) groups is 1. The van der Waals surface area contributed by atoms with Gasteiger partial charge in [0, 0.05) is 24.7 Å². The lowest BCUT2D eigenvalue weighted by Gasteiger charge is -2.30. The van der Waals surface area contributed by atoms with Gasteiger partial charge in [0.1, 0.15) is 17.2 Å². The van der Waals surface area contributed by atoms with Crippen LogP contribution in [-0.2, 0) is 0 Å². The van der Waals surface area contributed by atoms with Gasteiger partial charge in [0.15, 0.2) is 0 Å². The molecule has 4 nitrogen and oxygen atoms in total. The van der Waals surface area contributed by atoms with E-state index in [1.54, 1.807) is 18.1 Å². The second kappa shape index (κ2) is 5.45. The molecule has 1 aromatic heterocycles. The topological polar surface area (TPSA) is 41.0 Å². The lowest BCUT2D eigenvalue weighted by molar-refractivity contribution is 0.480. The molecule has 0 radical (unpaired) electrons. The van der Waals surface area contributed by atoms with Gasteiger partial charge >= 0.3 is 0 Å². The predicted octanol–water partition coefficient (Wildman–Crippen LogP) is 1.92. The van der Waals surface area contributed by atoms with Crippen LogP contribution in [0.4, 0.5) is 5.82 Å². The van der Waals surface area contributed by atoms with Crippen molar-refractivity contribution in [2.75, 3.05) is 24.2 Å². The van der Waals surface area contributed by atoms with E-state index in [4.69, 9.17) is 0 Å². The van der Waals surface area contributed by atoms with Crippen LogP contribution in [0.2, 0.25) is 0 Å². The third-order valence-corrected chi connectivity index (χ3v) is 4.63. The number of hydrogen-bond donors (Lipinski definition) is 1. The number of hydrogen-bond acceptors (Lipinski definition) is 5. The highest BCUT2D eigenvalue weighted by atomic mass is 32.2. The predicted molar refractivity (Wildman–Crippen MR) is 75.2 cm³/mol. The molecule has 5 heteroatoms. The number of anilines is 1. The summed E-state index contributed by atoms with van der Waals surface area (Å²) in [6.07, 6.45) is 8.94. The Balaban J connectivity index is 1.80. The van der Waals surface area contributed by atoms with Crippen LogP contribution in [0.3, 0.4) is 0 Å². The molecule has 1 aromatic rings. The second-order valence-corrected chi connectivity index (χ2v) is 5.85. The fourth-order valence-corrected chi connectivity index (χ4v) is 3.51. The molecule has 2 fully saturated rings. The first kappa shape index (κ1) is 12.2. The van der Waals surface area contributed by atoms with E-state index in [-0.39, 0.29) is 0 Å². The molecule has 2 aliphatic rings. The number of rotatable bonds is 3. The average molecular weight is 264 g/mol. The summed E-state index contributed by atoms with van der Waals surface area (Å²) >= 11 is 1.68. The summed E-state index contributed by atoms with van der Waals surface area (Å²) in [6, 6.07) is 3.40. The lowest BCUT2D eigenvalue weighted by atomic mass is 10.0. The first-order valence-corrected chi connectivity index (χ1v) is 7.97. The minimum absolute atomic E-state index is 0.622. The van der Waals surface area contributed by atoms with E-state index < -0.39 is 0 Å². The molecule has 0 amide bonds. The normalized spacial score (nSPS) is 27.9. The van der Waals surface area contributed by atoms with Gasteiger partial charge in [-0.2, -0.15) is 0 Å². The summed E-state index contributed by atoms with van der Waals surface area (Å²) in [5.41, 5.74) is 0. The molecule has 0 aromatic carbocycles. The largest absolute Gasteiger partial charge is 0.352 e. The van der Waals surface area contributed by atoms with Crippen molar-refractivity contribution < 1.29 is 0 Å². The maximum Gasteiger partial charge on any atom is 0.133 e. The molecule has 0 aliphatic carbocycles. The SMILES string of the molecule is CSc1cc(N2CCCC2C2CCCN2)ncn1. The van der Waals surface area contributed by atoms with Crippen molar-refractivity contribution in [3.05, 3.63) is 12.4 Å². The maximum absolute atomic E-state index is 4.46. The zero-order chi connectivity index (χ0) is 12.4. The second-order valence-electron chi connectivity index (χ2n) is 5.02. The highest BCUT2D eigenvalue weighted by molar-refractivity contribution is 7.98. The van der Waals surface area contributed by atoms with Gasteiger partial charge in [0.2, 0.25) is 0 Å². The molecule has 2 aliphatic heterocycles. The zero-order valence-corrected chi connectivity index (χ0v) is 11.6. The molecule has 0 bridgehead atoms. The van der Waals surface area contributed by atoms with E-state index in [1.807, 2.05) is 0 Å². The molecule has 18 heavy (non-hydrogen) atoms. The van der Waals surface area contributed by atoms with Crippen molar-refractivity contribution in [3.8, 4) is 0 Å². The van der Waals surface area contributed by atoms with Gasteiger partial charge in [-0.1, -0.05) is 0 Å². The molecule has 2 atom stereocenters. The monoisotopic (exact) mass is 264 g/mol. The molecular formula is C13H20N4S. The highest BCUT2D eigenvalue weighted by Crippen LogP contribution is 2.29. The van der Waals surface area contributed by atoms with Crippen LogP contribution in [0, 0.1) is 0 Å². The van der Waals surface area contributed by atoms with Gasteiger partial charge in [0.25, 0.3) is 0 Å².